The molecule has 70 valence electrons. The largest absolute Gasteiger partial charge is 0.370 e. The fourth-order valence-electron chi connectivity index (χ4n) is 0.778. The second-order valence-electron chi connectivity index (χ2n) is 2.36. The summed E-state index contributed by atoms with van der Waals surface area (Å²) in [7, 11) is 1.57. The Balaban J connectivity index is 2.86. The third-order valence-electron chi connectivity index (χ3n) is 1.43. The minimum absolute atomic E-state index is 0.290. The lowest BCUT2D eigenvalue weighted by Gasteiger charge is -2.04. The maximum absolute atomic E-state index is 12.8. The molecule has 1 aromatic rings. The van der Waals surface area contributed by atoms with Gasteiger partial charge in [-0.3, -0.25) is 4.99 Å². The maximum atomic E-state index is 12.8. The van der Waals surface area contributed by atoms with E-state index in [1.165, 1.54) is 6.07 Å². The van der Waals surface area contributed by atoms with Gasteiger partial charge in [-0.1, -0.05) is 0 Å². The molecule has 3 N–H and O–H groups in total. The lowest BCUT2D eigenvalue weighted by Crippen LogP contribution is -2.21. The van der Waals surface area contributed by atoms with Crippen LogP contribution in [0.25, 0.3) is 0 Å². The molecule has 0 radical (unpaired) electrons. The number of halogens is 2. The van der Waals surface area contributed by atoms with Gasteiger partial charge in [0.25, 0.3) is 0 Å². The van der Waals surface area contributed by atoms with Crippen molar-refractivity contribution in [1.82, 2.24) is 0 Å². The number of nitrogens with two attached hydrogens (primary N) is 1. The second-order valence-corrected chi connectivity index (χ2v) is 3.22. The Hall–Kier alpha value is -1.10. The Labute approximate surface area is 84.0 Å². The molecule has 3 nitrogen and oxygen atoms in total. The normalized spacial score (nSPS) is 11.5. The molecule has 0 saturated carbocycles. The maximum Gasteiger partial charge on any atom is 0.192 e. The van der Waals surface area contributed by atoms with E-state index in [0.717, 1.165) is 0 Å². The summed E-state index contributed by atoms with van der Waals surface area (Å²) in [5, 5.41) is 2.79. The summed E-state index contributed by atoms with van der Waals surface area (Å²) < 4.78 is 13.2. The Morgan fingerprint density at radius 3 is 2.85 bits per heavy atom. The summed E-state index contributed by atoms with van der Waals surface area (Å²) >= 11 is 3.06. The lowest BCUT2D eigenvalue weighted by atomic mass is 10.3. The molecule has 0 aliphatic heterocycles. The predicted octanol–water partition coefficient (Wildman–Crippen LogP) is 1.94. The van der Waals surface area contributed by atoms with E-state index in [-0.39, 0.29) is 5.82 Å². The number of nitrogens with one attached hydrogen (secondary N) is 1. The van der Waals surface area contributed by atoms with E-state index in [0.29, 0.717) is 16.1 Å². The number of nitrogens with zero attached hydrogens (tertiary/aromatic N) is 1. The molecule has 1 aromatic carbocycles. The van der Waals surface area contributed by atoms with Crippen molar-refractivity contribution in [2.24, 2.45) is 10.7 Å². The van der Waals surface area contributed by atoms with Gasteiger partial charge in [-0.2, -0.15) is 0 Å². The molecule has 0 atom stereocenters. The van der Waals surface area contributed by atoms with Crippen LogP contribution in [0.5, 0.6) is 0 Å². The van der Waals surface area contributed by atoms with Crippen LogP contribution in [0.4, 0.5) is 10.1 Å². The molecule has 0 amide bonds. The Morgan fingerprint density at radius 1 is 1.62 bits per heavy atom. The first kappa shape index (κ1) is 9.98. The molecule has 0 aliphatic carbocycles. The van der Waals surface area contributed by atoms with Crippen molar-refractivity contribution in [3.63, 3.8) is 0 Å². The Morgan fingerprint density at radius 2 is 2.31 bits per heavy atom. The van der Waals surface area contributed by atoms with Gasteiger partial charge in [0.15, 0.2) is 5.96 Å². The van der Waals surface area contributed by atoms with Gasteiger partial charge >= 0.3 is 0 Å². The molecular weight excluding hydrogens is 237 g/mol. The van der Waals surface area contributed by atoms with Crippen molar-refractivity contribution in [3.05, 3.63) is 28.5 Å². The van der Waals surface area contributed by atoms with Crippen molar-refractivity contribution < 1.29 is 4.39 Å². The molecule has 0 bridgehead atoms. The van der Waals surface area contributed by atoms with E-state index in [2.05, 4.69) is 26.2 Å². The van der Waals surface area contributed by atoms with Crippen LogP contribution in [0.2, 0.25) is 0 Å². The summed E-state index contributed by atoms with van der Waals surface area (Å²) in [6, 6.07) is 4.51. The van der Waals surface area contributed by atoms with E-state index in [9.17, 15) is 4.39 Å². The van der Waals surface area contributed by atoms with E-state index in [1.807, 2.05) is 0 Å². The predicted molar refractivity (Wildman–Crippen MR) is 55.3 cm³/mol. The molecule has 0 aliphatic rings. The molecule has 0 fully saturated rings. The average Bonchev–Trinajstić information content (AvgIpc) is 2.11. The summed E-state index contributed by atoms with van der Waals surface area (Å²) in [5.74, 6) is -0.0175. The fourth-order valence-corrected chi connectivity index (χ4v) is 1.16. The van der Waals surface area contributed by atoms with Crippen LogP contribution in [0.3, 0.4) is 0 Å². The van der Waals surface area contributed by atoms with E-state index in [1.54, 1.807) is 19.2 Å². The van der Waals surface area contributed by atoms with Crippen LogP contribution in [0.1, 0.15) is 0 Å². The van der Waals surface area contributed by atoms with Gasteiger partial charge < -0.3 is 11.1 Å². The fraction of sp³-hybridized carbons (Fsp3) is 0.125. The van der Waals surface area contributed by atoms with Crippen molar-refractivity contribution in [2.75, 3.05) is 12.4 Å². The van der Waals surface area contributed by atoms with Gasteiger partial charge in [-0.25, -0.2) is 4.39 Å². The number of anilines is 1. The molecule has 13 heavy (non-hydrogen) atoms. The molecule has 5 heteroatoms. The van der Waals surface area contributed by atoms with Crippen LogP contribution in [0.15, 0.2) is 27.7 Å². The monoisotopic (exact) mass is 245 g/mol. The molecule has 0 heterocycles. The van der Waals surface area contributed by atoms with Crippen molar-refractivity contribution >= 4 is 27.6 Å². The standard InChI is InChI=1S/C8H9BrFN3/c1-12-8(11)13-5-2-3-7(10)6(9)4-5/h2-4H,1H3,(H3,11,12,13). The minimum Gasteiger partial charge on any atom is -0.370 e. The van der Waals surface area contributed by atoms with Gasteiger partial charge in [-0.05, 0) is 34.1 Å². The number of benzene rings is 1. The zero-order valence-corrected chi connectivity index (χ0v) is 8.60. The lowest BCUT2D eigenvalue weighted by molar-refractivity contribution is 0.621. The van der Waals surface area contributed by atoms with Gasteiger partial charge in [0.1, 0.15) is 5.82 Å². The highest BCUT2D eigenvalue weighted by molar-refractivity contribution is 9.10. The summed E-state index contributed by atoms with van der Waals surface area (Å²) in [6.45, 7) is 0. The zero-order chi connectivity index (χ0) is 9.84. The zero-order valence-electron chi connectivity index (χ0n) is 7.01. The van der Waals surface area contributed by atoms with Crippen LogP contribution < -0.4 is 11.1 Å². The van der Waals surface area contributed by atoms with Crippen LogP contribution in [0, 0.1) is 5.82 Å². The molecule has 1 rings (SSSR count). The third kappa shape index (κ3) is 2.69. The van der Waals surface area contributed by atoms with Gasteiger partial charge in [0, 0.05) is 12.7 Å². The third-order valence-corrected chi connectivity index (χ3v) is 2.04. The quantitative estimate of drug-likeness (QED) is 0.587. The number of rotatable bonds is 1. The van der Waals surface area contributed by atoms with Crippen molar-refractivity contribution in [3.8, 4) is 0 Å². The molecule has 0 aromatic heterocycles. The van der Waals surface area contributed by atoms with E-state index in [4.69, 9.17) is 5.73 Å². The molecule has 0 saturated heterocycles. The Bertz CT molecular complexity index is 338. The van der Waals surface area contributed by atoms with Crippen LogP contribution in [-0.2, 0) is 0 Å². The van der Waals surface area contributed by atoms with E-state index >= 15 is 0 Å². The number of guanidine groups is 1. The highest BCUT2D eigenvalue weighted by Gasteiger charge is 2.00. The molecule has 0 spiro atoms. The van der Waals surface area contributed by atoms with Gasteiger partial charge in [0.2, 0.25) is 0 Å². The Kier molecular flexibility index (Phi) is 3.25. The molecular formula is C8H9BrFN3. The van der Waals surface area contributed by atoms with Gasteiger partial charge in [-0.15, -0.1) is 0 Å². The summed E-state index contributed by atoms with van der Waals surface area (Å²) in [4.78, 5) is 3.71. The summed E-state index contributed by atoms with van der Waals surface area (Å²) in [5.41, 5.74) is 6.11. The van der Waals surface area contributed by atoms with Crippen molar-refractivity contribution in [2.45, 2.75) is 0 Å². The smallest absolute Gasteiger partial charge is 0.192 e. The first-order chi connectivity index (χ1) is 6.13. The SMILES string of the molecule is CN=C(N)Nc1ccc(F)c(Br)c1. The average molecular weight is 246 g/mol. The van der Waals surface area contributed by atoms with Crippen LogP contribution in [-0.4, -0.2) is 13.0 Å². The minimum atomic E-state index is -0.308. The summed E-state index contributed by atoms with van der Waals surface area (Å²) in [6.07, 6.45) is 0. The highest BCUT2D eigenvalue weighted by Crippen LogP contribution is 2.19. The topological polar surface area (TPSA) is 50.4 Å². The number of hydrogen-bond donors (Lipinski definition) is 2. The van der Waals surface area contributed by atoms with Crippen molar-refractivity contribution in [1.29, 1.82) is 0 Å². The second kappa shape index (κ2) is 4.23. The number of hydrogen-bond acceptors (Lipinski definition) is 1. The first-order valence-electron chi connectivity index (χ1n) is 3.58. The number of aliphatic imine (C=N–C) groups is 1. The van der Waals surface area contributed by atoms with Crippen LogP contribution >= 0.6 is 15.9 Å². The first-order valence-corrected chi connectivity index (χ1v) is 4.37. The highest BCUT2D eigenvalue weighted by atomic mass is 79.9. The van der Waals surface area contributed by atoms with Gasteiger partial charge in [0.05, 0.1) is 4.47 Å². The van der Waals surface area contributed by atoms with E-state index < -0.39 is 0 Å². The molecule has 0 unspecified atom stereocenters.